The molecule has 2 rings (SSSR count). The molecule has 0 aliphatic carbocycles. The maximum Gasteiger partial charge on any atom is 0.161 e. The van der Waals surface area contributed by atoms with Crippen LogP contribution in [-0.4, -0.2) is 20.3 Å². The van der Waals surface area contributed by atoms with Crippen molar-refractivity contribution in [1.82, 2.24) is 0 Å². The van der Waals surface area contributed by atoms with Crippen molar-refractivity contribution in [3.8, 4) is 17.2 Å². The first-order chi connectivity index (χ1) is 10.6. The Morgan fingerprint density at radius 2 is 1.55 bits per heavy atom. The fourth-order valence-electron chi connectivity index (χ4n) is 2.29. The van der Waals surface area contributed by atoms with Crippen molar-refractivity contribution in [3.63, 3.8) is 0 Å². The Bertz CT molecular complexity index is 605. The fourth-order valence-corrected chi connectivity index (χ4v) is 2.29. The van der Waals surface area contributed by atoms with Crippen LogP contribution < -0.4 is 19.9 Å². The molecule has 0 unspecified atom stereocenters. The number of rotatable bonds is 7. The van der Waals surface area contributed by atoms with Gasteiger partial charge >= 0.3 is 0 Å². The second-order valence-corrected chi connectivity index (χ2v) is 5.21. The van der Waals surface area contributed by atoms with Crippen LogP contribution in [0.25, 0.3) is 0 Å². The second-order valence-electron chi connectivity index (χ2n) is 5.21. The van der Waals surface area contributed by atoms with Crippen LogP contribution in [0.1, 0.15) is 16.7 Å². The molecule has 2 N–H and O–H groups in total. The number of aryl methyl sites for hydroxylation is 2. The van der Waals surface area contributed by atoms with Gasteiger partial charge in [0.2, 0.25) is 0 Å². The molecule has 0 amide bonds. The van der Waals surface area contributed by atoms with Crippen molar-refractivity contribution in [2.45, 2.75) is 20.4 Å². The van der Waals surface area contributed by atoms with E-state index in [0.29, 0.717) is 31.3 Å². The summed E-state index contributed by atoms with van der Waals surface area (Å²) in [6.07, 6.45) is 0. The van der Waals surface area contributed by atoms with E-state index in [1.807, 2.05) is 30.3 Å². The number of benzene rings is 2. The normalized spacial score (nSPS) is 10.4. The van der Waals surface area contributed by atoms with Gasteiger partial charge in [-0.15, -0.1) is 0 Å². The van der Waals surface area contributed by atoms with E-state index in [2.05, 4.69) is 19.9 Å². The van der Waals surface area contributed by atoms with E-state index in [9.17, 15) is 0 Å². The Morgan fingerprint density at radius 1 is 0.864 bits per heavy atom. The van der Waals surface area contributed by atoms with Crippen molar-refractivity contribution < 1.29 is 14.2 Å². The smallest absolute Gasteiger partial charge is 0.161 e. The Balaban J connectivity index is 1.90. The van der Waals surface area contributed by atoms with Gasteiger partial charge in [-0.3, -0.25) is 0 Å². The molecular weight excluding hydrogens is 278 g/mol. The highest BCUT2D eigenvalue weighted by atomic mass is 16.5. The predicted molar refractivity (Wildman–Crippen MR) is 87.8 cm³/mol. The molecule has 22 heavy (non-hydrogen) atoms. The summed E-state index contributed by atoms with van der Waals surface area (Å²) >= 11 is 0. The van der Waals surface area contributed by atoms with Gasteiger partial charge in [-0.2, -0.15) is 0 Å². The maximum atomic E-state index is 5.75. The van der Waals surface area contributed by atoms with Gasteiger partial charge in [0.1, 0.15) is 19.0 Å². The highest BCUT2D eigenvalue weighted by molar-refractivity contribution is 5.43. The molecule has 0 bridgehead atoms. The number of hydrogen-bond donors (Lipinski definition) is 1. The molecule has 0 aromatic heterocycles. The van der Waals surface area contributed by atoms with Crippen molar-refractivity contribution in [2.75, 3.05) is 20.3 Å². The monoisotopic (exact) mass is 301 g/mol. The standard InChI is InChI=1S/C18H23NO3/c1-13-8-14(2)10-16(9-13)21-6-7-22-18-11-15(12-19)4-5-17(18)20-3/h4-5,8-11H,6-7,12,19H2,1-3H3. The zero-order valence-corrected chi connectivity index (χ0v) is 13.4. The van der Waals surface area contributed by atoms with E-state index in [1.165, 1.54) is 11.1 Å². The lowest BCUT2D eigenvalue weighted by atomic mass is 10.1. The topological polar surface area (TPSA) is 53.7 Å². The van der Waals surface area contributed by atoms with E-state index < -0.39 is 0 Å². The Morgan fingerprint density at radius 3 is 2.18 bits per heavy atom. The van der Waals surface area contributed by atoms with Gasteiger partial charge in [-0.1, -0.05) is 12.1 Å². The van der Waals surface area contributed by atoms with E-state index in [-0.39, 0.29) is 0 Å². The summed E-state index contributed by atoms with van der Waals surface area (Å²) in [6, 6.07) is 11.8. The largest absolute Gasteiger partial charge is 0.493 e. The van der Waals surface area contributed by atoms with Crippen LogP contribution in [0.15, 0.2) is 36.4 Å². The molecule has 0 saturated heterocycles. The van der Waals surface area contributed by atoms with Gasteiger partial charge in [0.05, 0.1) is 7.11 Å². The number of methoxy groups -OCH3 is 1. The molecule has 0 radical (unpaired) electrons. The highest BCUT2D eigenvalue weighted by Gasteiger charge is 2.05. The van der Waals surface area contributed by atoms with Crippen LogP contribution in [0.2, 0.25) is 0 Å². The Hall–Kier alpha value is -2.20. The summed E-state index contributed by atoms with van der Waals surface area (Å²) in [6.45, 7) is 5.49. The summed E-state index contributed by atoms with van der Waals surface area (Å²) in [7, 11) is 1.62. The van der Waals surface area contributed by atoms with Crippen molar-refractivity contribution in [3.05, 3.63) is 53.1 Å². The van der Waals surface area contributed by atoms with E-state index in [4.69, 9.17) is 19.9 Å². The molecular formula is C18H23NO3. The molecule has 4 nitrogen and oxygen atoms in total. The molecule has 2 aromatic rings. The summed E-state index contributed by atoms with van der Waals surface area (Å²) in [4.78, 5) is 0. The predicted octanol–water partition coefficient (Wildman–Crippen LogP) is 3.23. The lowest BCUT2D eigenvalue weighted by Crippen LogP contribution is -2.10. The molecule has 0 heterocycles. The molecule has 0 aliphatic heterocycles. The third-order valence-electron chi connectivity index (χ3n) is 3.27. The van der Waals surface area contributed by atoms with Crippen molar-refractivity contribution in [1.29, 1.82) is 0 Å². The summed E-state index contributed by atoms with van der Waals surface area (Å²) in [5.74, 6) is 2.25. The lowest BCUT2D eigenvalue weighted by molar-refractivity contribution is 0.211. The van der Waals surface area contributed by atoms with Crippen molar-refractivity contribution >= 4 is 0 Å². The molecule has 0 aliphatic rings. The molecule has 0 fully saturated rings. The van der Waals surface area contributed by atoms with Gasteiger partial charge in [0, 0.05) is 6.54 Å². The van der Waals surface area contributed by atoms with Crippen LogP contribution in [0.5, 0.6) is 17.2 Å². The minimum absolute atomic E-state index is 0.442. The van der Waals surface area contributed by atoms with E-state index in [1.54, 1.807) is 7.11 Å². The molecule has 0 saturated carbocycles. The maximum absolute atomic E-state index is 5.75. The minimum Gasteiger partial charge on any atom is -0.493 e. The SMILES string of the molecule is COc1ccc(CN)cc1OCCOc1cc(C)cc(C)c1. The molecule has 0 spiro atoms. The fraction of sp³-hybridized carbons (Fsp3) is 0.333. The highest BCUT2D eigenvalue weighted by Crippen LogP contribution is 2.28. The first-order valence-corrected chi connectivity index (χ1v) is 7.33. The average Bonchev–Trinajstić information content (AvgIpc) is 2.50. The molecule has 0 atom stereocenters. The Kier molecular flexibility index (Phi) is 5.67. The second kappa shape index (κ2) is 7.71. The summed E-state index contributed by atoms with van der Waals surface area (Å²) < 4.78 is 16.8. The van der Waals surface area contributed by atoms with Crippen LogP contribution >= 0.6 is 0 Å². The lowest BCUT2D eigenvalue weighted by Gasteiger charge is -2.13. The van der Waals surface area contributed by atoms with Gasteiger partial charge in [0.25, 0.3) is 0 Å². The van der Waals surface area contributed by atoms with Crippen LogP contribution in [0.3, 0.4) is 0 Å². The number of nitrogens with two attached hydrogens (primary N) is 1. The van der Waals surface area contributed by atoms with E-state index in [0.717, 1.165) is 11.3 Å². The van der Waals surface area contributed by atoms with Crippen LogP contribution in [0.4, 0.5) is 0 Å². The zero-order chi connectivity index (χ0) is 15.9. The minimum atomic E-state index is 0.442. The first-order valence-electron chi connectivity index (χ1n) is 7.33. The average molecular weight is 301 g/mol. The van der Waals surface area contributed by atoms with E-state index >= 15 is 0 Å². The third kappa shape index (κ3) is 4.40. The summed E-state index contributed by atoms with van der Waals surface area (Å²) in [5, 5.41) is 0. The van der Waals surface area contributed by atoms with Gasteiger partial charge in [-0.05, 0) is 54.8 Å². The molecule has 118 valence electrons. The number of hydrogen-bond acceptors (Lipinski definition) is 4. The van der Waals surface area contributed by atoms with Crippen molar-refractivity contribution in [2.24, 2.45) is 5.73 Å². The third-order valence-corrected chi connectivity index (χ3v) is 3.27. The van der Waals surface area contributed by atoms with Crippen LogP contribution in [0, 0.1) is 13.8 Å². The van der Waals surface area contributed by atoms with Gasteiger partial charge in [0.15, 0.2) is 11.5 Å². The Labute approximate surface area is 131 Å². The zero-order valence-electron chi connectivity index (χ0n) is 13.4. The molecule has 2 aromatic carbocycles. The summed E-state index contributed by atoms with van der Waals surface area (Å²) in [5.41, 5.74) is 9.03. The van der Waals surface area contributed by atoms with Gasteiger partial charge in [-0.25, -0.2) is 0 Å². The van der Waals surface area contributed by atoms with Gasteiger partial charge < -0.3 is 19.9 Å². The molecule has 4 heteroatoms. The van der Waals surface area contributed by atoms with Crippen LogP contribution in [-0.2, 0) is 6.54 Å². The number of ether oxygens (including phenoxy) is 3. The quantitative estimate of drug-likeness (QED) is 0.798. The first kappa shape index (κ1) is 16.2.